The summed E-state index contributed by atoms with van der Waals surface area (Å²) in [4.78, 5) is 24.4. The van der Waals surface area contributed by atoms with Crippen LogP contribution < -0.4 is 5.43 Å². The molecule has 1 N–H and O–H groups in total. The molecule has 0 aliphatic heterocycles. The van der Waals surface area contributed by atoms with E-state index in [0.29, 0.717) is 21.7 Å². The van der Waals surface area contributed by atoms with Gasteiger partial charge in [0.15, 0.2) is 11.1 Å². The molecule has 1 aromatic carbocycles. The number of halogens is 1. The second kappa shape index (κ2) is 6.07. The van der Waals surface area contributed by atoms with Crippen LogP contribution in [-0.2, 0) is 0 Å². The summed E-state index contributed by atoms with van der Waals surface area (Å²) >= 11 is 6.43. The molecule has 0 atom stereocenters. The maximum atomic E-state index is 12.3. The second-order valence-electron chi connectivity index (χ2n) is 6.22. The predicted octanol–water partition coefficient (Wildman–Crippen LogP) is 4.56. The van der Waals surface area contributed by atoms with Crippen LogP contribution in [-0.4, -0.2) is 19.4 Å². The smallest absolute Gasteiger partial charge is 0.191 e. The fourth-order valence-electron chi connectivity index (χ4n) is 3.27. The van der Waals surface area contributed by atoms with Gasteiger partial charge in [0.2, 0.25) is 0 Å². The van der Waals surface area contributed by atoms with Crippen molar-refractivity contribution in [3.05, 3.63) is 88.6 Å². The van der Waals surface area contributed by atoms with Gasteiger partial charge in [-0.2, -0.15) is 0 Å². The van der Waals surface area contributed by atoms with Gasteiger partial charge >= 0.3 is 0 Å². The predicted molar refractivity (Wildman–Crippen MR) is 107 cm³/mol. The van der Waals surface area contributed by atoms with Gasteiger partial charge in [-0.05, 0) is 12.1 Å². The quantitative estimate of drug-likeness (QED) is 0.494. The third-order valence-electron chi connectivity index (χ3n) is 4.54. The van der Waals surface area contributed by atoms with Gasteiger partial charge < -0.3 is 9.38 Å². The second-order valence-corrected chi connectivity index (χ2v) is 6.63. The number of nitrogens with one attached hydrogen (secondary N) is 1. The molecular formula is C21H13ClN4O. The lowest BCUT2D eigenvalue weighted by Crippen LogP contribution is -2.03. The van der Waals surface area contributed by atoms with Crippen molar-refractivity contribution in [1.82, 2.24) is 19.4 Å². The highest BCUT2D eigenvalue weighted by Crippen LogP contribution is 2.34. The zero-order valence-electron chi connectivity index (χ0n) is 14.1. The van der Waals surface area contributed by atoms with Crippen LogP contribution in [0, 0.1) is 0 Å². The Morgan fingerprint density at radius 2 is 1.89 bits per heavy atom. The number of H-pyrrole nitrogens is 1. The van der Waals surface area contributed by atoms with E-state index >= 15 is 0 Å². The third kappa shape index (κ3) is 2.60. The molecule has 5 rings (SSSR count). The summed E-state index contributed by atoms with van der Waals surface area (Å²) in [6, 6.07) is 15.1. The van der Waals surface area contributed by atoms with Crippen LogP contribution in [0.4, 0.5) is 0 Å². The number of benzene rings is 1. The standard InChI is InChI=1S/C21H13ClN4O/c22-17-10-14(12-26-9-8-24-21(17)26)15-11-16-18(27)6-7-23-20(16)25-19(15)13-4-2-1-3-5-13/h1-12H,(H,23,25,27). The van der Waals surface area contributed by atoms with Gasteiger partial charge in [-0.1, -0.05) is 41.9 Å². The molecule has 0 aliphatic carbocycles. The van der Waals surface area contributed by atoms with E-state index in [1.165, 1.54) is 6.07 Å². The van der Waals surface area contributed by atoms with Crippen molar-refractivity contribution in [2.24, 2.45) is 0 Å². The molecule has 5 nitrogen and oxygen atoms in total. The highest BCUT2D eigenvalue weighted by Gasteiger charge is 2.15. The number of hydrogen-bond donors (Lipinski definition) is 1. The fourth-order valence-corrected chi connectivity index (χ4v) is 3.53. The first-order valence-corrected chi connectivity index (χ1v) is 8.79. The minimum Gasteiger partial charge on any atom is -0.346 e. The monoisotopic (exact) mass is 372 g/mol. The van der Waals surface area contributed by atoms with Crippen molar-refractivity contribution in [1.29, 1.82) is 0 Å². The normalized spacial score (nSPS) is 11.3. The zero-order valence-corrected chi connectivity index (χ0v) is 14.8. The van der Waals surface area contributed by atoms with Gasteiger partial charge in [-0.3, -0.25) is 4.79 Å². The summed E-state index contributed by atoms with van der Waals surface area (Å²) in [5, 5.41) is 1.08. The molecule has 0 saturated heterocycles. The Morgan fingerprint density at radius 1 is 1.04 bits per heavy atom. The Morgan fingerprint density at radius 3 is 2.74 bits per heavy atom. The van der Waals surface area contributed by atoms with E-state index in [1.807, 2.05) is 59.3 Å². The van der Waals surface area contributed by atoms with Gasteiger partial charge in [0.1, 0.15) is 5.65 Å². The maximum Gasteiger partial charge on any atom is 0.191 e. The van der Waals surface area contributed by atoms with Crippen molar-refractivity contribution in [3.8, 4) is 22.4 Å². The Balaban J connectivity index is 1.88. The lowest BCUT2D eigenvalue weighted by Gasteiger charge is -2.12. The largest absolute Gasteiger partial charge is 0.346 e. The number of nitrogens with zero attached hydrogens (tertiary/aromatic N) is 3. The number of aromatic nitrogens is 4. The van der Waals surface area contributed by atoms with Crippen LogP contribution >= 0.6 is 11.6 Å². The molecule has 0 saturated carbocycles. The van der Waals surface area contributed by atoms with E-state index in [2.05, 4.69) is 9.97 Å². The van der Waals surface area contributed by atoms with E-state index in [9.17, 15) is 4.79 Å². The minimum absolute atomic E-state index is 0.0769. The number of hydrogen-bond acceptors (Lipinski definition) is 3. The SMILES string of the molecule is O=c1cc[nH]c2nc(-c3ccccc3)c(-c3cc(Cl)c4nccn4c3)cc12. The minimum atomic E-state index is -0.0769. The van der Waals surface area contributed by atoms with E-state index in [4.69, 9.17) is 16.6 Å². The molecule has 0 bridgehead atoms. The van der Waals surface area contributed by atoms with Gasteiger partial charge in [0, 0.05) is 47.5 Å². The van der Waals surface area contributed by atoms with Gasteiger partial charge in [-0.25, -0.2) is 9.97 Å². The highest BCUT2D eigenvalue weighted by atomic mass is 35.5. The molecule has 4 aromatic heterocycles. The highest BCUT2D eigenvalue weighted by molar-refractivity contribution is 6.33. The lowest BCUT2D eigenvalue weighted by molar-refractivity contribution is 1.19. The first kappa shape index (κ1) is 15.8. The Kier molecular flexibility index (Phi) is 3.55. The maximum absolute atomic E-state index is 12.3. The van der Waals surface area contributed by atoms with Crippen LogP contribution in [0.15, 0.2) is 78.1 Å². The van der Waals surface area contributed by atoms with E-state index in [1.54, 1.807) is 12.4 Å². The van der Waals surface area contributed by atoms with E-state index in [-0.39, 0.29) is 5.43 Å². The summed E-state index contributed by atoms with van der Waals surface area (Å²) in [6.07, 6.45) is 7.10. The molecule has 0 radical (unpaired) electrons. The molecule has 6 heteroatoms. The Hall–Kier alpha value is -3.44. The van der Waals surface area contributed by atoms with Crippen LogP contribution in [0.25, 0.3) is 39.1 Å². The summed E-state index contributed by atoms with van der Waals surface area (Å²) in [5.74, 6) is 0. The number of pyridine rings is 3. The number of aromatic amines is 1. The first-order chi connectivity index (χ1) is 13.2. The average Bonchev–Trinajstić information content (AvgIpc) is 3.17. The first-order valence-electron chi connectivity index (χ1n) is 8.41. The third-order valence-corrected chi connectivity index (χ3v) is 4.82. The molecule has 0 spiro atoms. The van der Waals surface area contributed by atoms with Gasteiger partial charge in [-0.15, -0.1) is 0 Å². The molecular weight excluding hydrogens is 360 g/mol. The molecule has 27 heavy (non-hydrogen) atoms. The molecule has 0 fully saturated rings. The topological polar surface area (TPSA) is 63.0 Å². The lowest BCUT2D eigenvalue weighted by atomic mass is 9.99. The van der Waals surface area contributed by atoms with Crippen molar-refractivity contribution >= 4 is 28.3 Å². The summed E-state index contributed by atoms with van der Waals surface area (Å²) < 4.78 is 1.87. The van der Waals surface area contributed by atoms with Crippen molar-refractivity contribution < 1.29 is 0 Å². The van der Waals surface area contributed by atoms with Gasteiger partial charge in [0.25, 0.3) is 0 Å². The summed E-state index contributed by atoms with van der Waals surface area (Å²) in [5.41, 5.74) is 4.60. The van der Waals surface area contributed by atoms with Crippen molar-refractivity contribution in [3.63, 3.8) is 0 Å². The molecule has 130 valence electrons. The number of fused-ring (bicyclic) bond motifs is 2. The average molecular weight is 373 g/mol. The fraction of sp³-hybridized carbons (Fsp3) is 0. The molecule has 0 aliphatic rings. The summed E-state index contributed by atoms with van der Waals surface area (Å²) in [7, 11) is 0. The van der Waals surface area contributed by atoms with Crippen LogP contribution in [0.2, 0.25) is 5.02 Å². The number of rotatable bonds is 2. The van der Waals surface area contributed by atoms with E-state index < -0.39 is 0 Å². The van der Waals surface area contributed by atoms with Crippen LogP contribution in [0.1, 0.15) is 0 Å². The van der Waals surface area contributed by atoms with Crippen LogP contribution in [0.5, 0.6) is 0 Å². The summed E-state index contributed by atoms with van der Waals surface area (Å²) in [6.45, 7) is 0. The molecule has 4 heterocycles. The molecule has 5 aromatic rings. The van der Waals surface area contributed by atoms with Crippen molar-refractivity contribution in [2.75, 3.05) is 0 Å². The number of imidazole rings is 1. The van der Waals surface area contributed by atoms with Crippen LogP contribution in [0.3, 0.4) is 0 Å². The molecule has 0 amide bonds. The van der Waals surface area contributed by atoms with Crippen molar-refractivity contribution in [2.45, 2.75) is 0 Å². The Labute approximate surface area is 158 Å². The zero-order chi connectivity index (χ0) is 18.4. The van der Waals surface area contributed by atoms with E-state index in [0.717, 1.165) is 22.4 Å². The Bertz CT molecular complexity index is 1360. The molecule has 0 unspecified atom stereocenters. The van der Waals surface area contributed by atoms with Gasteiger partial charge in [0.05, 0.1) is 16.1 Å².